The van der Waals surface area contributed by atoms with Crippen molar-refractivity contribution in [3.8, 4) is 11.5 Å². The smallest absolute Gasteiger partial charge is 0.232 e. The third-order valence-electron chi connectivity index (χ3n) is 3.12. The maximum absolute atomic E-state index is 12.3. The molecule has 5 heteroatoms. The van der Waals surface area contributed by atoms with E-state index in [1.807, 2.05) is 13.0 Å². The number of rotatable bonds is 4. The number of benzene rings is 1. The van der Waals surface area contributed by atoms with Crippen molar-refractivity contribution < 1.29 is 23.5 Å². The summed E-state index contributed by atoms with van der Waals surface area (Å²) in [5.41, 5.74) is 0.463. The van der Waals surface area contributed by atoms with E-state index in [0.29, 0.717) is 22.8 Å². The molecule has 1 aromatic carbocycles. The van der Waals surface area contributed by atoms with Gasteiger partial charge in [0.05, 0.1) is 5.56 Å². The number of Topliss-reactive ketones (excluding diaryl/α,β-unsaturated/α-hetero) is 2. The Morgan fingerprint density at radius 1 is 1.27 bits per heavy atom. The highest BCUT2D eigenvalue weighted by Crippen LogP contribution is 2.35. The Bertz CT molecular complexity index is 782. The van der Waals surface area contributed by atoms with Crippen LogP contribution in [0, 0.1) is 6.92 Å². The van der Waals surface area contributed by atoms with E-state index >= 15 is 0 Å². The van der Waals surface area contributed by atoms with Crippen LogP contribution in [0.5, 0.6) is 11.5 Å². The van der Waals surface area contributed by atoms with Gasteiger partial charge >= 0.3 is 0 Å². The fourth-order valence-electron chi connectivity index (χ4n) is 2.10. The van der Waals surface area contributed by atoms with Crippen molar-refractivity contribution in [2.75, 3.05) is 6.61 Å². The minimum Gasteiger partial charge on any atom is -0.486 e. The van der Waals surface area contributed by atoms with Crippen LogP contribution in [0.4, 0.5) is 0 Å². The molecule has 0 atom stereocenters. The highest BCUT2D eigenvalue weighted by molar-refractivity contribution is 6.14. The highest BCUT2D eigenvalue weighted by Gasteiger charge is 2.28. The zero-order valence-corrected chi connectivity index (χ0v) is 12.2. The quantitative estimate of drug-likeness (QED) is 0.811. The lowest BCUT2D eigenvalue weighted by Gasteiger charge is -2.04. The summed E-state index contributed by atoms with van der Waals surface area (Å²) in [5, 5.41) is 0. The van der Waals surface area contributed by atoms with Gasteiger partial charge in [-0.2, -0.15) is 0 Å². The maximum atomic E-state index is 12.3. The minimum atomic E-state index is -0.206. The molecule has 1 aliphatic rings. The van der Waals surface area contributed by atoms with Crippen LogP contribution in [0.3, 0.4) is 0 Å². The zero-order chi connectivity index (χ0) is 15.7. The van der Waals surface area contributed by atoms with Crippen molar-refractivity contribution >= 4 is 17.6 Å². The summed E-state index contributed by atoms with van der Waals surface area (Å²) in [7, 11) is 0. The molecular formula is C17H14O5. The molecule has 0 fully saturated rings. The van der Waals surface area contributed by atoms with E-state index in [-0.39, 0.29) is 23.9 Å². The number of fused-ring (bicyclic) bond motifs is 1. The lowest BCUT2D eigenvalue weighted by atomic mass is 10.1. The van der Waals surface area contributed by atoms with Gasteiger partial charge in [0.15, 0.2) is 11.5 Å². The first kappa shape index (κ1) is 14.1. The first-order valence-corrected chi connectivity index (χ1v) is 6.80. The first-order valence-electron chi connectivity index (χ1n) is 6.80. The normalized spacial score (nSPS) is 14.8. The van der Waals surface area contributed by atoms with Crippen LogP contribution in [0.15, 0.2) is 40.5 Å². The van der Waals surface area contributed by atoms with Crippen molar-refractivity contribution in [2.45, 2.75) is 13.8 Å². The molecule has 0 amide bonds. The summed E-state index contributed by atoms with van der Waals surface area (Å²) < 4.78 is 16.3. The summed E-state index contributed by atoms with van der Waals surface area (Å²) >= 11 is 0. The van der Waals surface area contributed by atoms with Gasteiger partial charge in [-0.15, -0.1) is 0 Å². The molecule has 0 aliphatic carbocycles. The lowest BCUT2D eigenvalue weighted by Crippen LogP contribution is -2.06. The van der Waals surface area contributed by atoms with Gasteiger partial charge in [-0.25, -0.2) is 0 Å². The second-order valence-electron chi connectivity index (χ2n) is 5.04. The molecule has 0 saturated heterocycles. The molecule has 3 rings (SSSR count). The Morgan fingerprint density at radius 2 is 2.09 bits per heavy atom. The monoisotopic (exact) mass is 298 g/mol. The number of allylic oxidation sites excluding steroid dienone is 1. The van der Waals surface area contributed by atoms with Crippen LogP contribution in [-0.4, -0.2) is 18.2 Å². The van der Waals surface area contributed by atoms with E-state index in [1.54, 1.807) is 30.3 Å². The number of carbonyl (C=O) groups is 2. The largest absolute Gasteiger partial charge is 0.486 e. The molecule has 2 heterocycles. The number of hydrogen-bond acceptors (Lipinski definition) is 5. The van der Waals surface area contributed by atoms with E-state index in [9.17, 15) is 9.59 Å². The SMILES string of the molecule is CC(=O)COc1ccc2c(c1)O/C(=C\c1ccc(C)o1)C2=O. The number of furan rings is 1. The van der Waals surface area contributed by atoms with Crippen LogP contribution in [0.2, 0.25) is 0 Å². The van der Waals surface area contributed by atoms with Crippen molar-refractivity contribution in [3.05, 3.63) is 53.2 Å². The van der Waals surface area contributed by atoms with Crippen LogP contribution in [-0.2, 0) is 4.79 Å². The summed E-state index contributed by atoms with van der Waals surface area (Å²) in [4.78, 5) is 23.2. The molecule has 1 aliphatic heterocycles. The van der Waals surface area contributed by atoms with Crippen LogP contribution >= 0.6 is 0 Å². The number of ketones is 2. The molecule has 22 heavy (non-hydrogen) atoms. The molecule has 1 aromatic heterocycles. The number of carbonyl (C=O) groups excluding carboxylic acids is 2. The molecule has 0 radical (unpaired) electrons. The van der Waals surface area contributed by atoms with Crippen molar-refractivity contribution in [1.82, 2.24) is 0 Å². The number of hydrogen-bond donors (Lipinski definition) is 0. The van der Waals surface area contributed by atoms with E-state index < -0.39 is 0 Å². The Hall–Kier alpha value is -2.82. The molecule has 0 saturated carbocycles. The third-order valence-corrected chi connectivity index (χ3v) is 3.12. The highest BCUT2D eigenvalue weighted by atomic mass is 16.5. The molecular weight excluding hydrogens is 284 g/mol. The van der Waals surface area contributed by atoms with Crippen molar-refractivity contribution in [3.63, 3.8) is 0 Å². The molecule has 0 spiro atoms. The summed E-state index contributed by atoms with van der Waals surface area (Å²) in [6.45, 7) is 3.26. The van der Waals surface area contributed by atoms with E-state index in [2.05, 4.69) is 0 Å². The topological polar surface area (TPSA) is 65.7 Å². The second-order valence-corrected chi connectivity index (χ2v) is 5.04. The predicted molar refractivity (Wildman–Crippen MR) is 79.0 cm³/mol. The van der Waals surface area contributed by atoms with E-state index in [4.69, 9.17) is 13.9 Å². The van der Waals surface area contributed by atoms with Gasteiger partial charge in [0.2, 0.25) is 5.78 Å². The predicted octanol–water partition coefficient (Wildman–Crippen LogP) is 3.17. The van der Waals surface area contributed by atoms with Gasteiger partial charge in [-0.3, -0.25) is 9.59 Å². The van der Waals surface area contributed by atoms with Gasteiger partial charge in [0.1, 0.15) is 29.6 Å². The summed E-state index contributed by atoms with van der Waals surface area (Å²) in [5.74, 6) is 2.13. The van der Waals surface area contributed by atoms with Crippen LogP contribution < -0.4 is 9.47 Å². The summed E-state index contributed by atoms with van der Waals surface area (Å²) in [6.07, 6.45) is 1.56. The molecule has 0 unspecified atom stereocenters. The Balaban J connectivity index is 1.84. The molecule has 2 aromatic rings. The van der Waals surface area contributed by atoms with Crippen molar-refractivity contribution in [2.24, 2.45) is 0 Å². The Labute approximate surface area is 127 Å². The molecule has 112 valence electrons. The van der Waals surface area contributed by atoms with Gasteiger partial charge in [0.25, 0.3) is 0 Å². The lowest BCUT2D eigenvalue weighted by molar-refractivity contribution is -0.118. The number of aryl methyl sites for hydroxylation is 1. The van der Waals surface area contributed by atoms with Crippen molar-refractivity contribution in [1.29, 1.82) is 0 Å². The standard InChI is InChI=1S/C17H14O5/c1-10(18)9-20-12-5-6-14-15(7-12)22-16(17(14)19)8-13-4-3-11(2)21-13/h3-8H,9H2,1-2H3/b16-8-. The summed E-state index contributed by atoms with van der Waals surface area (Å²) in [6, 6.07) is 8.45. The molecule has 5 nitrogen and oxygen atoms in total. The maximum Gasteiger partial charge on any atom is 0.232 e. The fraction of sp³-hybridized carbons (Fsp3) is 0.176. The second kappa shape index (κ2) is 5.52. The minimum absolute atomic E-state index is 0.0128. The van der Waals surface area contributed by atoms with Gasteiger partial charge in [-0.1, -0.05) is 0 Å². The van der Waals surface area contributed by atoms with Gasteiger partial charge < -0.3 is 13.9 Å². The third kappa shape index (κ3) is 2.79. The molecule has 0 N–H and O–H groups in total. The Morgan fingerprint density at radius 3 is 2.77 bits per heavy atom. The average Bonchev–Trinajstić information content (AvgIpc) is 3.01. The fourth-order valence-corrected chi connectivity index (χ4v) is 2.10. The van der Waals surface area contributed by atoms with Gasteiger partial charge in [0, 0.05) is 12.1 Å². The van der Waals surface area contributed by atoms with E-state index in [1.165, 1.54) is 6.92 Å². The van der Waals surface area contributed by atoms with Crippen LogP contribution in [0.1, 0.15) is 28.8 Å². The van der Waals surface area contributed by atoms with Gasteiger partial charge in [-0.05, 0) is 38.1 Å². The Kier molecular flexibility index (Phi) is 3.55. The zero-order valence-electron chi connectivity index (χ0n) is 12.2. The van der Waals surface area contributed by atoms with Crippen LogP contribution in [0.25, 0.3) is 6.08 Å². The molecule has 0 bridgehead atoms. The first-order chi connectivity index (χ1) is 10.5. The van der Waals surface area contributed by atoms with E-state index in [0.717, 1.165) is 5.76 Å². The average molecular weight is 298 g/mol. The number of ether oxygens (including phenoxy) is 2.